The van der Waals surface area contributed by atoms with Gasteiger partial charge < -0.3 is 19.8 Å². The molecule has 0 spiro atoms. The Bertz CT molecular complexity index is 1190. The number of H-pyrrole nitrogens is 1. The van der Waals surface area contributed by atoms with E-state index in [1.165, 1.54) is 10.9 Å². The normalized spacial score (nSPS) is 15.3. The van der Waals surface area contributed by atoms with Crippen molar-refractivity contribution >= 4 is 16.6 Å². The molecule has 0 saturated carbocycles. The van der Waals surface area contributed by atoms with Crippen LogP contribution in [0.3, 0.4) is 0 Å². The fraction of sp³-hybridized carbons (Fsp3) is 0.391. The molecular formula is C23H27N5O2. The second kappa shape index (κ2) is 7.65. The third-order valence-corrected chi connectivity index (χ3v) is 5.83. The van der Waals surface area contributed by atoms with E-state index in [1.54, 1.807) is 18.0 Å². The van der Waals surface area contributed by atoms with E-state index < -0.39 is 0 Å². The molecule has 0 unspecified atom stereocenters. The van der Waals surface area contributed by atoms with E-state index >= 15 is 0 Å². The molecule has 0 amide bonds. The van der Waals surface area contributed by atoms with Gasteiger partial charge in [0.15, 0.2) is 11.4 Å². The van der Waals surface area contributed by atoms with E-state index in [1.807, 2.05) is 12.3 Å². The molecule has 3 aromatic heterocycles. The number of aromatic nitrogens is 4. The van der Waals surface area contributed by atoms with Crippen LogP contribution in [0.15, 0.2) is 36.8 Å². The zero-order chi connectivity index (χ0) is 20.7. The molecule has 4 aromatic rings. The predicted molar refractivity (Wildman–Crippen MR) is 117 cm³/mol. The van der Waals surface area contributed by atoms with Crippen molar-refractivity contribution in [2.24, 2.45) is 0 Å². The van der Waals surface area contributed by atoms with Crippen molar-refractivity contribution in [1.29, 1.82) is 0 Å². The molecule has 5 rings (SSSR count). The summed E-state index contributed by atoms with van der Waals surface area (Å²) < 4.78 is 13.6. The number of rotatable bonds is 5. The molecule has 7 heteroatoms. The van der Waals surface area contributed by atoms with Gasteiger partial charge in [-0.05, 0) is 61.7 Å². The first kappa shape index (κ1) is 18.9. The minimum absolute atomic E-state index is 0.281. The van der Waals surface area contributed by atoms with Crippen LogP contribution in [0.4, 0.5) is 0 Å². The SMILES string of the molecule is COc1cc(-c2[nH]c3ccc(OC4CCNCC4)cc3c2C(C)C)cn2ncnc12. The van der Waals surface area contributed by atoms with Crippen LogP contribution in [0.2, 0.25) is 0 Å². The number of nitrogens with zero attached hydrogens (tertiary/aromatic N) is 3. The predicted octanol–water partition coefficient (Wildman–Crippen LogP) is 4.14. The van der Waals surface area contributed by atoms with Crippen molar-refractivity contribution in [2.45, 2.75) is 38.7 Å². The summed E-state index contributed by atoms with van der Waals surface area (Å²) in [6, 6.07) is 8.38. The second-order valence-electron chi connectivity index (χ2n) is 8.17. The van der Waals surface area contributed by atoms with E-state index in [2.05, 4.69) is 52.4 Å². The van der Waals surface area contributed by atoms with E-state index in [0.29, 0.717) is 17.3 Å². The molecule has 1 aliphatic rings. The van der Waals surface area contributed by atoms with Crippen LogP contribution < -0.4 is 14.8 Å². The van der Waals surface area contributed by atoms with Gasteiger partial charge in [-0.25, -0.2) is 9.50 Å². The fourth-order valence-corrected chi connectivity index (χ4v) is 4.38. The Morgan fingerprint density at radius 2 is 2.00 bits per heavy atom. The van der Waals surface area contributed by atoms with Crippen LogP contribution in [-0.2, 0) is 0 Å². The number of hydrogen-bond donors (Lipinski definition) is 2. The standard InChI is InChI=1S/C23H27N5O2/c1-14(2)21-18-11-17(30-16-6-8-24-9-7-16)4-5-19(18)27-22(21)15-10-20(29-3)23-25-13-26-28(23)12-15/h4-5,10-14,16,24,27H,6-9H2,1-3H3. The van der Waals surface area contributed by atoms with Gasteiger partial charge in [-0.2, -0.15) is 5.10 Å². The lowest BCUT2D eigenvalue weighted by atomic mass is 9.96. The number of benzene rings is 1. The summed E-state index contributed by atoms with van der Waals surface area (Å²) in [5, 5.41) is 8.89. The van der Waals surface area contributed by atoms with Gasteiger partial charge >= 0.3 is 0 Å². The monoisotopic (exact) mass is 405 g/mol. The molecule has 2 N–H and O–H groups in total. The van der Waals surface area contributed by atoms with Gasteiger partial charge in [-0.3, -0.25) is 0 Å². The maximum absolute atomic E-state index is 6.30. The molecule has 0 atom stereocenters. The van der Waals surface area contributed by atoms with Crippen molar-refractivity contribution < 1.29 is 9.47 Å². The molecule has 0 radical (unpaired) electrons. The van der Waals surface area contributed by atoms with Gasteiger partial charge in [0.25, 0.3) is 0 Å². The fourth-order valence-electron chi connectivity index (χ4n) is 4.38. The minimum Gasteiger partial charge on any atom is -0.493 e. The molecule has 1 fully saturated rings. The van der Waals surface area contributed by atoms with Gasteiger partial charge in [0.2, 0.25) is 0 Å². The van der Waals surface area contributed by atoms with Crippen LogP contribution in [-0.4, -0.2) is 45.9 Å². The maximum atomic E-state index is 6.30. The molecule has 1 saturated heterocycles. The molecular weight excluding hydrogens is 378 g/mol. The van der Waals surface area contributed by atoms with E-state index in [-0.39, 0.29) is 6.10 Å². The highest BCUT2D eigenvalue weighted by Gasteiger charge is 2.20. The average molecular weight is 406 g/mol. The Morgan fingerprint density at radius 1 is 1.17 bits per heavy atom. The molecule has 30 heavy (non-hydrogen) atoms. The molecule has 4 heterocycles. The molecule has 156 valence electrons. The molecule has 0 aliphatic carbocycles. The van der Waals surface area contributed by atoms with Crippen molar-refractivity contribution in [3.05, 3.63) is 42.4 Å². The number of methoxy groups -OCH3 is 1. The minimum atomic E-state index is 0.281. The van der Waals surface area contributed by atoms with Crippen molar-refractivity contribution in [1.82, 2.24) is 24.9 Å². The van der Waals surface area contributed by atoms with Crippen LogP contribution in [0.1, 0.15) is 38.2 Å². The summed E-state index contributed by atoms with van der Waals surface area (Å²) in [5.74, 6) is 1.97. The summed E-state index contributed by atoms with van der Waals surface area (Å²) in [6.45, 7) is 6.48. The Balaban J connectivity index is 1.61. The summed E-state index contributed by atoms with van der Waals surface area (Å²) in [5.41, 5.74) is 5.17. The molecule has 0 bridgehead atoms. The lowest BCUT2D eigenvalue weighted by Crippen LogP contribution is -2.34. The number of ether oxygens (including phenoxy) is 2. The molecule has 1 aliphatic heterocycles. The van der Waals surface area contributed by atoms with Gasteiger partial charge in [-0.1, -0.05) is 13.8 Å². The number of fused-ring (bicyclic) bond motifs is 2. The highest BCUT2D eigenvalue weighted by molar-refractivity contribution is 5.92. The summed E-state index contributed by atoms with van der Waals surface area (Å²) in [6.07, 6.45) is 5.91. The largest absolute Gasteiger partial charge is 0.493 e. The van der Waals surface area contributed by atoms with Crippen molar-refractivity contribution in [2.75, 3.05) is 20.2 Å². The lowest BCUT2D eigenvalue weighted by molar-refractivity contribution is 0.162. The zero-order valence-electron chi connectivity index (χ0n) is 17.6. The topological polar surface area (TPSA) is 76.5 Å². The van der Waals surface area contributed by atoms with Crippen LogP contribution in [0, 0.1) is 0 Å². The average Bonchev–Trinajstić information content (AvgIpc) is 3.38. The third kappa shape index (κ3) is 3.29. The summed E-state index contributed by atoms with van der Waals surface area (Å²) in [7, 11) is 1.66. The second-order valence-corrected chi connectivity index (χ2v) is 8.17. The quantitative estimate of drug-likeness (QED) is 0.522. The van der Waals surface area contributed by atoms with Gasteiger partial charge in [0, 0.05) is 22.7 Å². The van der Waals surface area contributed by atoms with Crippen LogP contribution in [0.25, 0.3) is 27.8 Å². The summed E-state index contributed by atoms with van der Waals surface area (Å²) in [4.78, 5) is 7.91. The first-order chi connectivity index (χ1) is 14.6. The first-order valence-electron chi connectivity index (χ1n) is 10.5. The van der Waals surface area contributed by atoms with E-state index in [4.69, 9.17) is 9.47 Å². The Morgan fingerprint density at radius 3 is 2.77 bits per heavy atom. The molecule has 7 nitrogen and oxygen atoms in total. The maximum Gasteiger partial charge on any atom is 0.197 e. The zero-order valence-corrected chi connectivity index (χ0v) is 17.6. The highest BCUT2D eigenvalue weighted by atomic mass is 16.5. The van der Waals surface area contributed by atoms with Gasteiger partial charge in [0.1, 0.15) is 18.2 Å². The number of hydrogen-bond acceptors (Lipinski definition) is 5. The first-order valence-corrected chi connectivity index (χ1v) is 10.5. The smallest absolute Gasteiger partial charge is 0.197 e. The highest BCUT2D eigenvalue weighted by Crippen LogP contribution is 2.38. The Kier molecular flexibility index (Phi) is 4.83. The lowest BCUT2D eigenvalue weighted by Gasteiger charge is -2.23. The number of piperidine rings is 1. The van der Waals surface area contributed by atoms with Crippen molar-refractivity contribution in [3.63, 3.8) is 0 Å². The number of aromatic amines is 1. The molecule has 1 aromatic carbocycles. The van der Waals surface area contributed by atoms with Crippen LogP contribution in [0.5, 0.6) is 11.5 Å². The Labute approximate surface area is 175 Å². The van der Waals surface area contributed by atoms with Crippen molar-refractivity contribution in [3.8, 4) is 22.8 Å². The van der Waals surface area contributed by atoms with Gasteiger partial charge in [-0.15, -0.1) is 0 Å². The van der Waals surface area contributed by atoms with Gasteiger partial charge in [0.05, 0.1) is 12.8 Å². The Hall–Kier alpha value is -3.06. The van der Waals surface area contributed by atoms with E-state index in [9.17, 15) is 0 Å². The third-order valence-electron chi connectivity index (χ3n) is 5.83. The van der Waals surface area contributed by atoms with E-state index in [0.717, 1.165) is 48.5 Å². The number of nitrogens with one attached hydrogen (secondary N) is 2. The number of pyridine rings is 1. The van der Waals surface area contributed by atoms with Crippen LogP contribution >= 0.6 is 0 Å². The summed E-state index contributed by atoms with van der Waals surface area (Å²) >= 11 is 0.